The summed E-state index contributed by atoms with van der Waals surface area (Å²) >= 11 is 0. The molecule has 4 N–H and O–H groups in total. The summed E-state index contributed by atoms with van der Waals surface area (Å²) in [6.07, 6.45) is 0.648. The quantitative estimate of drug-likeness (QED) is 0.420. The van der Waals surface area contributed by atoms with Gasteiger partial charge in [0.25, 0.3) is 5.56 Å². The largest absolute Gasteiger partial charge is 0.477 e. The predicted molar refractivity (Wildman–Crippen MR) is 142 cm³/mol. The van der Waals surface area contributed by atoms with E-state index in [4.69, 9.17) is 5.73 Å². The molecule has 2 heterocycles. The van der Waals surface area contributed by atoms with Crippen LogP contribution in [0.5, 0.6) is 0 Å². The number of hydrogen-bond acceptors (Lipinski definition) is 7. The van der Waals surface area contributed by atoms with Crippen molar-refractivity contribution in [1.29, 1.82) is 0 Å². The van der Waals surface area contributed by atoms with E-state index in [1.54, 1.807) is 42.3 Å². The van der Waals surface area contributed by atoms with Gasteiger partial charge in [-0.1, -0.05) is 30.3 Å². The van der Waals surface area contributed by atoms with Crippen molar-refractivity contribution < 1.29 is 19.8 Å². The average molecular weight is 506 g/mol. The molecule has 1 fully saturated rings. The van der Waals surface area contributed by atoms with Gasteiger partial charge in [0.1, 0.15) is 5.56 Å². The van der Waals surface area contributed by atoms with E-state index in [0.717, 1.165) is 13.1 Å². The van der Waals surface area contributed by atoms with Crippen molar-refractivity contribution in [3.8, 4) is 5.69 Å². The van der Waals surface area contributed by atoms with Crippen LogP contribution in [0.25, 0.3) is 5.69 Å². The third-order valence-corrected chi connectivity index (χ3v) is 6.69. The number of aliphatic hydroxyl groups is 1. The first-order valence-electron chi connectivity index (χ1n) is 12.0. The molecule has 1 amide bonds. The summed E-state index contributed by atoms with van der Waals surface area (Å²) in [6, 6.07) is 15.4. The molecule has 1 unspecified atom stereocenters. The number of carbonyl (C=O) groups is 2. The molecule has 1 aliphatic heterocycles. The Morgan fingerprint density at radius 1 is 1.03 bits per heavy atom. The summed E-state index contributed by atoms with van der Waals surface area (Å²) in [5.41, 5.74) is 6.66. The van der Waals surface area contributed by atoms with Crippen LogP contribution in [0.4, 0.5) is 11.4 Å². The van der Waals surface area contributed by atoms with E-state index in [2.05, 4.69) is 9.80 Å². The number of hydrogen-bond donors (Lipinski definition) is 3. The fourth-order valence-electron chi connectivity index (χ4n) is 4.55. The Balaban J connectivity index is 1.76. The normalized spacial score (nSPS) is 14.8. The van der Waals surface area contributed by atoms with Crippen LogP contribution in [0.2, 0.25) is 0 Å². The van der Waals surface area contributed by atoms with Crippen molar-refractivity contribution in [2.45, 2.75) is 6.10 Å². The van der Waals surface area contributed by atoms with Crippen LogP contribution in [0.1, 0.15) is 32.4 Å². The van der Waals surface area contributed by atoms with Crippen molar-refractivity contribution in [3.63, 3.8) is 0 Å². The number of aliphatic hydroxyl groups excluding tert-OH is 1. The maximum Gasteiger partial charge on any atom is 0.343 e. The minimum absolute atomic E-state index is 0.0909. The Kier molecular flexibility index (Phi) is 7.61. The molecule has 0 radical (unpaired) electrons. The molecule has 0 bridgehead atoms. The summed E-state index contributed by atoms with van der Waals surface area (Å²) in [7, 11) is 3.65. The maximum absolute atomic E-state index is 13.6. The van der Waals surface area contributed by atoms with Gasteiger partial charge in [-0.3, -0.25) is 14.2 Å². The zero-order chi connectivity index (χ0) is 26.7. The summed E-state index contributed by atoms with van der Waals surface area (Å²) in [4.78, 5) is 43.5. The van der Waals surface area contributed by atoms with Crippen molar-refractivity contribution in [3.05, 3.63) is 87.8 Å². The van der Waals surface area contributed by atoms with Crippen molar-refractivity contribution in [2.75, 3.05) is 56.6 Å². The van der Waals surface area contributed by atoms with Crippen LogP contribution < -0.4 is 21.1 Å². The number of carboxylic acids is 1. The lowest BCUT2D eigenvalue weighted by atomic mass is 10.1. The van der Waals surface area contributed by atoms with Crippen LogP contribution >= 0.6 is 0 Å². The summed E-state index contributed by atoms with van der Waals surface area (Å²) < 4.78 is 1.28. The summed E-state index contributed by atoms with van der Waals surface area (Å²) in [5.74, 6) is -1.96. The van der Waals surface area contributed by atoms with Crippen molar-refractivity contribution in [1.82, 2.24) is 9.47 Å². The van der Waals surface area contributed by atoms with Gasteiger partial charge in [0.15, 0.2) is 0 Å². The van der Waals surface area contributed by atoms with Gasteiger partial charge in [0.2, 0.25) is 5.91 Å². The number of nitrogens with zero attached hydrogens (tertiary/aromatic N) is 4. The number of pyridine rings is 1. The highest BCUT2D eigenvalue weighted by Crippen LogP contribution is 2.28. The van der Waals surface area contributed by atoms with E-state index in [1.165, 1.54) is 16.8 Å². The van der Waals surface area contributed by atoms with E-state index < -0.39 is 29.1 Å². The Bertz CT molecular complexity index is 1350. The van der Waals surface area contributed by atoms with Crippen LogP contribution in [-0.2, 0) is 0 Å². The number of piperazine rings is 1. The molecular formula is C27H31N5O5. The molecule has 0 aliphatic carbocycles. The summed E-state index contributed by atoms with van der Waals surface area (Å²) in [6.45, 7) is 3.02. The van der Waals surface area contributed by atoms with E-state index >= 15 is 0 Å². The molecule has 0 spiro atoms. The molecular weight excluding hydrogens is 474 g/mol. The number of primary amides is 1. The number of amides is 1. The van der Waals surface area contributed by atoms with Gasteiger partial charge in [-0.05, 0) is 36.9 Å². The number of aromatic carboxylic acids is 1. The third kappa shape index (κ3) is 5.50. The number of anilines is 2. The second kappa shape index (κ2) is 10.9. The smallest absolute Gasteiger partial charge is 0.343 e. The van der Waals surface area contributed by atoms with Crippen LogP contribution in [0.15, 0.2) is 65.6 Å². The zero-order valence-corrected chi connectivity index (χ0v) is 20.9. The molecule has 10 nitrogen and oxygen atoms in total. The molecule has 2 aromatic carbocycles. The molecule has 0 saturated carbocycles. The third-order valence-electron chi connectivity index (χ3n) is 6.69. The van der Waals surface area contributed by atoms with Gasteiger partial charge in [0.05, 0.1) is 23.2 Å². The molecule has 4 rings (SSSR count). The number of nitrogens with two attached hydrogens (primary N) is 1. The van der Waals surface area contributed by atoms with E-state index in [1.807, 2.05) is 25.2 Å². The average Bonchev–Trinajstić information content (AvgIpc) is 2.89. The second-order valence-electron chi connectivity index (χ2n) is 9.22. The number of benzene rings is 2. The van der Waals surface area contributed by atoms with Crippen LogP contribution in [0.3, 0.4) is 0 Å². The van der Waals surface area contributed by atoms with Crippen LogP contribution in [0, 0.1) is 0 Å². The standard InChI is InChI=1S/C27H31N5O5/c1-29-12-14-31(15-13-29)22-16-19(25(28)34)8-9-20(22)32-11-10-21(24(26(32)35)27(36)37)30(2)17-23(33)18-6-4-3-5-7-18/h3-11,16,23,33H,12-15,17H2,1-2H3,(H2,28,34)(H,36,37). The van der Waals surface area contributed by atoms with E-state index in [0.29, 0.717) is 35.6 Å². The van der Waals surface area contributed by atoms with E-state index in [9.17, 15) is 24.6 Å². The molecule has 3 aromatic rings. The van der Waals surface area contributed by atoms with Crippen molar-refractivity contribution >= 4 is 23.3 Å². The number of likely N-dealkylation sites (N-methyl/N-ethyl adjacent to an activating group) is 2. The number of aromatic nitrogens is 1. The number of rotatable bonds is 8. The topological polar surface area (TPSA) is 132 Å². The lowest BCUT2D eigenvalue weighted by Crippen LogP contribution is -2.45. The van der Waals surface area contributed by atoms with Gasteiger partial charge in [0, 0.05) is 51.5 Å². The monoisotopic (exact) mass is 505 g/mol. The summed E-state index contributed by atoms with van der Waals surface area (Å²) in [5, 5.41) is 20.6. The molecule has 194 valence electrons. The number of carbonyl (C=O) groups excluding carboxylic acids is 1. The Morgan fingerprint density at radius 2 is 1.70 bits per heavy atom. The molecule has 10 heteroatoms. The van der Waals surface area contributed by atoms with Crippen LogP contribution in [-0.4, -0.2) is 78.4 Å². The Morgan fingerprint density at radius 3 is 2.32 bits per heavy atom. The lowest BCUT2D eigenvalue weighted by Gasteiger charge is -2.35. The fourth-order valence-corrected chi connectivity index (χ4v) is 4.55. The minimum atomic E-state index is -1.37. The fraction of sp³-hybridized carbons (Fsp3) is 0.296. The highest BCUT2D eigenvalue weighted by Gasteiger charge is 2.25. The first kappa shape index (κ1) is 25.9. The molecule has 1 saturated heterocycles. The zero-order valence-electron chi connectivity index (χ0n) is 20.9. The SMILES string of the molecule is CN1CCN(c2cc(C(N)=O)ccc2-n2ccc(N(C)CC(O)c3ccccc3)c(C(=O)O)c2=O)CC1. The first-order valence-corrected chi connectivity index (χ1v) is 12.0. The Labute approximate surface area is 214 Å². The maximum atomic E-state index is 13.6. The van der Waals surface area contributed by atoms with Gasteiger partial charge in [-0.25, -0.2) is 4.79 Å². The molecule has 37 heavy (non-hydrogen) atoms. The first-order chi connectivity index (χ1) is 17.7. The van der Waals surface area contributed by atoms with Crippen molar-refractivity contribution in [2.24, 2.45) is 5.73 Å². The highest BCUT2D eigenvalue weighted by atomic mass is 16.4. The minimum Gasteiger partial charge on any atom is -0.477 e. The van der Waals surface area contributed by atoms with Gasteiger partial charge < -0.3 is 30.6 Å². The van der Waals surface area contributed by atoms with Gasteiger partial charge >= 0.3 is 5.97 Å². The van der Waals surface area contributed by atoms with Gasteiger partial charge in [-0.2, -0.15) is 0 Å². The molecule has 1 atom stereocenters. The predicted octanol–water partition coefficient (Wildman–Crippen LogP) is 1.56. The molecule has 1 aromatic heterocycles. The van der Waals surface area contributed by atoms with Gasteiger partial charge in [-0.15, -0.1) is 0 Å². The highest BCUT2D eigenvalue weighted by molar-refractivity contribution is 5.95. The lowest BCUT2D eigenvalue weighted by molar-refractivity contribution is 0.0694. The van der Waals surface area contributed by atoms with E-state index in [-0.39, 0.29) is 12.2 Å². The molecule has 1 aliphatic rings. The number of carboxylic acid groups (broad SMARTS) is 1. The Hall–Kier alpha value is -4.15. The second-order valence-corrected chi connectivity index (χ2v) is 9.22.